The lowest BCUT2D eigenvalue weighted by Gasteiger charge is -2.21. The van der Waals surface area contributed by atoms with Crippen LogP contribution in [0, 0.1) is 0 Å². The minimum atomic E-state index is 0.618. The molecule has 6 heteroatoms. The molecule has 0 aliphatic carbocycles. The molecule has 1 heterocycles. The zero-order valence-electron chi connectivity index (χ0n) is 11.8. The van der Waals surface area contributed by atoms with Crippen LogP contribution in [0.3, 0.4) is 0 Å². The second-order valence-corrected chi connectivity index (χ2v) is 5.56. The third-order valence-corrected chi connectivity index (χ3v) is 3.97. The number of hydrogen-bond acceptors (Lipinski definition) is 3. The van der Waals surface area contributed by atoms with E-state index < -0.39 is 0 Å². The number of aryl methyl sites for hydroxylation is 2. The third-order valence-electron chi connectivity index (χ3n) is 3.29. The molecule has 0 unspecified atom stereocenters. The molecule has 4 nitrogen and oxygen atoms in total. The average Bonchev–Trinajstić information content (AvgIpc) is 2.68. The summed E-state index contributed by atoms with van der Waals surface area (Å²) < 4.78 is 1.82. The van der Waals surface area contributed by atoms with Gasteiger partial charge < -0.3 is 10.6 Å². The van der Waals surface area contributed by atoms with Crippen molar-refractivity contribution in [1.82, 2.24) is 9.78 Å². The van der Waals surface area contributed by atoms with E-state index in [9.17, 15) is 0 Å². The molecule has 0 saturated heterocycles. The molecule has 0 fully saturated rings. The fourth-order valence-electron chi connectivity index (χ4n) is 2.15. The fraction of sp³-hybridized carbons (Fsp3) is 0.357. The molecule has 0 radical (unpaired) electrons. The zero-order chi connectivity index (χ0) is 14.9. The van der Waals surface area contributed by atoms with Gasteiger partial charge in [0.25, 0.3) is 0 Å². The monoisotopic (exact) mass is 312 g/mol. The smallest absolute Gasteiger partial charge is 0.0868 e. The Morgan fingerprint density at radius 3 is 2.65 bits per heavy atom. The first-order valence-electron chi connectivity index (χ1n) is 6.40. The van der Waals surface area contributed by atoms with Gasteiger partial charge in [-0.15, -0.1) is 0 Å². The van der Waals surface area contributed by atoms with Gasteiger partial charge in [0.1, 0.15) is 0 Å². The second-order valence-electron chi connectivity index (χ2n) is 4.74. The SMILES string of the molecule is CCc1nn(C)c(CN(C)c2cc(Cl)ccc2N)c1Cl. The van der Waals surface area contributed by atoms with Crippen LogP contribution in [-0.2, 0) is 20.0 Å². The Kier molecular flexibility index (Phi) is 4.45. The number of aromatic nitrogens is 2. The highest BCUT2D eigenvalue weighted by Gasteiger charge is 2.16. The predicted octanol–water partition coefficient (Wildman–Crippen LogP) is 3.51. The summed E-state index contributed by atoms with van der Waals surface area (Å²) >= 11 is 12.4. The molecule has 1 aromatic heterocycles. The van der Waals surface area contributed by atoms with Gasteiger partial charge >= 0.3 is 0 Å². The van der Waals surface area contributed by atoms with Crippen molar-refractivity contribution in [3.05, 3.63) is 39.6 Å². The van der Waals surface area contributed by atoms with Gasteiger partial charge in [0, 0.05) is 19.1 Å². The number of halogens is 2. The maximum absolute atomic E-state index is 6.37. The van der Waals surface area contributed by atoms with Crippen molar-refractivity contribution < 1.29 is 0 Å². The Labute approximate surface area is 129 Å². The highest BCUT2D eigenvalue weighted by molar-refractivity contribution is 6.32. The Morgan fingerprint density at radius 2 is 2.05 bits per heavy atom. The molecule has 20 heavy (non-hydrogen) atoms. The quantitative estimate of drug-likeness (QED) is 0.879. The molecular formula is C14H18Cl2N4. The summed E-state index contributed by atoms with van der Waals surface area (Å²) in [6.07, 6.45) is 0.815. The van der Waals surface area contributed by atoms with Crippen LogP contribution in [0.25, 0.3) is 0 Å². The highest BCUT2D eigenvalue weighted by Crippen LogP contribution is 2.29. The van der Waals surface area contributed by atoms with Crippen LogP contribution < -0.4 is 10.6 Å². The molecule has 0 spiro atoms. The van der Waals surface area contributed by atoms with E-state index in [0.717, 1.165) is 28.5 Å². The summed E-state index contributed by atoms with van der Waals surface area (Å²) in [7, 11) is 3.85. The molecular weight excluding hydrogens is 295 g/mol. The molecule has 0 atom stereocenters. The topological polar surface area (TPSA) is 47.1 Å². The first kappa shape index (κ1) is 15.0. The second kappa shape index (κ2) is 5.94. The molecule has 2 aromatic rings. The van der Waals surface area contributed by atoms with Crippen molar-refractivity contribution in [2.24, 2.45) is 7.05 Å². The standard InChI is InChI=1S/C14H18Cl2N4/c1-4-11-14(16)13(20(3)18-11)8-19(2)12-7-9(15)5-6-10(12)17/h5-7H,4,8,17H2,1-3H3. The van der Waals surface area contributed by atoms with E-state index in [0.29, 0.717) is 17.3 Å². The highest BCUT2D eigenvalue weighted by atomic mass is 35.5. The minimum Gasteiger partial charge on any atom is -0.397 e. The largest absolute Gasteiger partial charge is 0.397 e. The summed E-state index contributed by atoms with van der Waals surface area (Å²) in [6.45, 7) is 2.66. The summed E-state index contributed by atoms with van der Waals surface area (Å²) in [6, 6.07) is 5.43. The van der Waals surface area contributed by atoms with Crippen molar-refractivity contribution in [1.29, 1.82) is 0 Å². The molecule has 2 N–H and O–H groups in total. The van der Waals surface area contributed by atoms with Gasteiger partial charge in [-0.2, -0.15) is 5.10 Å². The number of hydrogen-bond donors (Lipinski definition) is 1. The van der Waals surface area contributed by atoms with E-state index in [1.54, 1.807) is 12.1 Å². The zero-order valence-corrected chi connectivity index (χ0v) is 13.3. The van der Waals surface area contributed by atoms with E-state index in [1.165, 1.54) is 0 Å². The minimum absolute atomic E-state index is 0.618. The van der Waals surface area contributed by atoms with Crippen molar-refractivity contribution in [3.63, 3.8) is 0 Å². The van der Waals surface area contributed by atoms with E-state index in [4.69, 9.17) is 28.9 Å². The summed E-state index contributed by atoms with van der Waals surface area (Å²) in [5.41, 5.74) is 9.44. The van der Waals surface area contributed by atoms with E-state index in [1.807, 2.05) is 36.7 Å². The van der Waals surface area contributed by atoms with Crippen LogP contribution >= 0.6 is 23.2 Å². The lowest BCUT2D eigenvalue weighted by atomic mass is 10.2. The molecule has 2 rings (SSSR count). The number of nitrogen functional groups attached to an aromatic ring is 1. The third kappa shape index (κ3) is 2.86. The van der Waals surface area contributed by atoms with Gasteiger partial charge in [-0.3, -0.25) is 4.68 Å². The van der Waals surface area contributed by atoms with Crippen LogP contribution in [0.5, 0.6) is 0 Å². The first-order chi connectivity index (χ1) is 9.43. The van der Waals surface area contributed by atoms with Crippen molar-refractivity contribution >= 4 is 34.6 Å². The fourth-order valence-corrected chi connectivity index (χ4v) is 2.67. The lowest BCUT2D eigenvalue weighted by molar-refractivity contribution is 0.689. The summed E-state index contributed by atoms with van der Waals surface area (Å²) in [5.74, 6) is 0. The van der Waals surface area contributed by atoms with Crippen molar-refractivity contribution in [2.45, 2.75) is 19.9 Å². The van der Waals surface area contributed by atoms with Crippen molar-refractivity contribution in [2.75, 3.05) is 17.7 Å². The molecule has 0 amide bonds. The predicted molar refractivity (Wildman–Crippen MR) is 85.6 cm³/mol. The van der Waals surface area contributed by atoms with Crippen LogP contribution in [0.4, 0.5) is 11.4 Å². The van der Waals surface area contributed by atoms with Gasteiger partial charge in [0.05, 0.1) is 34.3 Å². The molecule has 0 bridgehead atoms. The number of benzene rings is 1. The van der Waals surface area contributed by atoms with E-state index in [-0.39, 0.29) is 0 Å². The Bertz CT molecular complexity index is 622. The Balaban J connectivity index is 2.30. The molecule has 0 aliphatic heterocycles. The van der Waals surface area contributed by atoms with Gasteiger partial charge in [-0.25, -0.2) is 0 Å². The van der Waals surface area contributed by atoms with Gasteiger partial charge in [-0.1, -0.05) is 30.1 Å². The van der Waals surface area contributed by atoms with Crippen LogP contribution in [0.2, 0.25) is 10.0 Å². The molecule has 0 saturated carbocycles. The van der Waals surface area contributed by atoms with Gasteiger partial charge in [0.2, 0.25) is 0 Å². The normalized spacial score (nSPS) is 10.8. The number of anilines is 2. The number of nitrogens with zero attached hydrogens (tertiary/aromatic N) is 3. The van der Waals surface area contributed by atoms with Gasteiger partial charge in [0.15, 0.2) is 0 Å². The molecule has 108 valence electrons. The maximum atomic E-state index is 6.37. The van der Waals surface area contributed by atoms with Crippen LogP contribution in [0.15, 0.2) is 18.2 Å². The van der Waals surface area contributed by atoms with E-state index in [2.05, 4.69) is 5.10 Å². The lowest BCUT2D eigenvalue weighted by Crippen LogP contribution is -2.20. The Hall–Kier alpha value is -1.39. The van der Waals surface area contributed by atoms with Crippen molar-refractivity contribution in [3.8, 4) is 0 Å². The summed E-state index contributed by atoms with van der Waals surface area (Å²) in [5, 5.41) is 5.80. The van der Waals surface area contributed by atoms with Gasteiger partial charge in [-0.05, 0) is 24.6 Å². The first-order valence-corrected chi connectivity index (χ1v) is 7.16. The summed E-state index contributed by atoms with van der Waals surface area (Å²) in [4.78, 5) is 2.02. The van der Waals surface area contributed by atoms with E-state index >= 15 is 0 Å². The average molecular weight is 313 g/mol. The maximum Gasteiger partial charge on any atom is 0.0868 e. The number of rotatable bonds is 4. The van der Waals surface area contributed by atoms with Crippen LogP contribution in [-0.4, -0.2) is 16.8 Å². The Morgan fingerprint density at radius 1 is 1.35 bits per heavy atom. The molecule has 1 aromatic carbocycles. The molecule has 0 aliphatic rings. The van der Waals surface area contributed by atoms with Crippen LogP contribution in [0.1, 0.15) is 18.3 Å². The number of nitrogens with two attached hydrogens (primary N) is 1.